The number of hydrogen-bond acceptors (Lipinski definition) is 5. The minimum Gasteiger partial charge on any atom is -0.451 e. The molecule has 7 nitrogen and oxygen atoms in total. The van der Waals surface area contributed by atoms with Crippen molar-refractivity contribution in [3.8, 4) is 6.07 Å². The molecule has 2 atom stereocenters. The Morgan fingerprint density at radius 2 is 1.63 bits per heavy atom. The molecule has 0 aliphatic carbocycles. The van der Waals surface area contributed by atoms with Gasteiger partial charge < -0.3 is 15.4 Å². The van der Waals surface area contributed by atoms with Crippen LogP contribution in [0.4, 0.5) is 5.69 Å². The van der Waals surface area contributed by atoms with Gasteiger partial charge in [-0.15, -0.1) is 0 Å². The summed E-state index contributed by atoms with van der Waals surface area (Å²) in [5, 5.41) is 14.1. The molecule has 156 valence electrons. The normalized spacial score (nSPS) is 12.4. The largest absolute Gasteiger partial charge is 0.451 e. The van der Waals surface area contributed by atoms with Gasteiger partial charge in [0.1, 0.15) is 6.04 Å². The molecule has 0 aliphatic rings. The second kappa shape index (κ2) is 10.8. The molecule has 2 aromatic carbocycles. The predicted molar refractivity (Wildman–Crippen MR) is 112 cm³/mol. The lowest BCUT2D eigenvalue weighted by Gasteiger charge is -2.23. The van der Waals surface area contributed by atoms with E-state index in [-0.39, 0.29) is 18.2 Å². The number of hydrogen-bond donors (Lipinski definition) is 2. The van der Waals surface area contributed by atoms with Gasteiger partial charge in [0, 0.05) is 5.69 Å². The van der Waals surface area contributed by atoms with E-state index in [0.29, 0.717) is 11.3 Å². The third kappa shape index (κ3) is 6.74. The zero-order valence-electron chi connectivity index (χ0n) is 17.2. The minimum absolute atomic E-state index is 0.145. The Kier molecular flexibility index (Phi) is 8.12. The molecule has 2 amide bonds. The zero-order valence-corrected chi connectivity index (χ0v) is 17.2. The van der Waals surface area contributed by atoms with Crippen molar-refractivity contribution in [3.05, 3.63) is 65.7 Å². The van der Waals surface area contributed by atoms with Crippen LogP contribution in [0.1, 0.15) is 31.9 Å². The maximum absolute atomic E-state index is 12.6. The summed E-state index contributed by atoms with van der Waals surface area (Å²) in [6.45, 7) is 5.03. The maximum Gasteiger partial charge on any atom is 0.329 e. The van der Waals surface area contributed by atoms with Crippen molar-refractivity contribution >= 4 is 23.5 Å². The first-order chi connectivity index (χ1) is 14.3. The van der Waals surface area contributed by atoms with E-state index in [0.717, 1.165) is 5.56 Å². The van der Waals surface area contributed by atoms with Gasteiger partial charge in [-0.05, 0) is 42.7 Å². The Morgan fingerprint density at radius 1 is 1.00 bits per heavy atom. The van der Waals surface area contributed by atoms with Crippen LogP contribution in [-0.2, 0) is 25.5 Å². The van der Waals surface area contributed by atoms with Crippen molar-refractivity contribution in [2.75, 3.05) is 5.32 Å². The molecule has 0 bridgehead atoms. The molecule has 0 aromatic heterocycles. The Bertz CT molecular complexity index is 918. The lowest BCUT2D eigenvalue weighted by molar-refractivity contribution is -0.157. The van der Waals surface area contributed by atoms with Gasteiger partial charge in [-0.1, -0.05) is 44.2 Å². The van der Waals surface area contributed by atoms with E-state index in [9.17, 15) is 14.4 Å². The summed E-state index contributed by atoms with van der Waals surface area (Å²) in [5.41, 5.74) is 1.79. The fourth-order valence-corrected chi connectivity index (χ4v) is 2.68. The second-order valence-corrected chi connectivity index (χ2v) is 7.21. The van der Waals surface area contributed by atoms with Gasteiger partial charge in [-0.25, -0.2) is 4.79 Å². The van der Waals surface area contributed by atoms with Crippen molar-refractivity contribution in [3.63, 3.8) is 0 Å². The van der Waals surface area contributed by atoms with Gasteiger partial charge in [0.2, 0.25) is 5.91 Å². The number of nitriles is 1. The van der Waals surface area contributed by atoms with Crippen LogP contribution in [0.5, 0.6) is 0 Å². The number of carbonyl (C=O) groups is 3. The van der Waals surface area contributed by atoms with Crippen molar-refractivity contribution in [2.24, 2.45) is 5.92 Å². The molecule has 2 aromatic rings. The lowest BCUT2D eigenvalue weighted by Crippen LogP contribution is -2.47. The lowest BCUT2D eigenvalue weighted by atomic mass is 10.0. The Hall–Kier alpha value is -3.66. The molecular weight excluding hydrogens is 382 g/mol. The monoisotopic (exact) mass is 407 g/mol. The summed E-state index contributed by atoms with van der Waals surface area (Å²) in [6, 6.07) is 16.6. The highest BCUT2D eigenvalue weighted by molar-refractivity contribution is 5.95. The molecule has 0 heterocycles. The molecule has 7 heteroatoms. The molecule has 2 N–H and O–H groups in total. The number of amides is 2. The van der Waals surface area contributed by atoms with Gasteiger partial charge in [-0.2, -0.15) is 5.26 Å². The molecular formula is C23H25N3O4. The molecule has 0 unspecified atom stereocenters. The van der Waals surface area contributed by atoms with Crippen LogP contribution in [0.15, 0.2) is 54.6 Å². The molecule has 2 rings (SSSR count). The fourth-order valence-electron chi connectivity index (χ4n) is 2.68. The van der Waals surface area contributed by atoms with E-state index >= 15 is 0 Å². The highest BCUT2D eigenvalue weighted by Gasteiger charge is 2.29. The molecule has 0 spiro atoms. The highest BCUT2D eigenvalue weighted by Crippen LogP contribution is 2.11. The Morgan fingerprint density at radius 3 is 2.20 bits per heavy atom. The van der Waals surface area contributed by atoms with E-state index in [1.807, 2.05) is 36.4 Å². The molecule has 0 aliphatic heterocycles. The standard InChI is InChI=1S/C23H25N3O4/c1-15(2)21(26-20(27)13-17-7-5-4-6-8-17)23(29)30-16(3)22(28)25-19-11-9-18(14-24)10-12-19/h4-12,15-16,21H,13H2,1-3H3,(H,25,28)(H,26,27)/t16-,21+/m1/s1. The van der Waals surface area contributed by atoms with E-state index in [2.05, 4.69) is 10.6 Å². The SMILES string of the molecule is CC(C)[C@H](NC(=O)Cc1ccccc1)C(=O)O[C@H](C)C(=O)Nc1ccc(C#N)cc1. The van der Waals surface area contributed by atoms with Crippen LogP contribution < -0.4 is 10.6 Å². The summed E-state index contributed by atoms with van der Waals surface area (Å²) in [4.78, 5) is 37.2. The summed E-state index contributed by atoms with van der Waals surface area (Å²) in [5.74, 6) is -1.70. The Balaban J connectivity index is 1.93. The van der Waals surface area contributed by atoms with E-state index in [1.54, 1.807) is 38.1 Å². The average Bonchev–Trinajstić information content (AvgIpc) is 2.72. The van der Waals surface area contributed by atoms with Crippen molar-refractivity contribution in [2.45, 2.75) is 39.3 Å². The number of anilines is 1. The third-order valence-electron chi connectivity index (χ3n) is 4.39. The summed E-state index contributed by atoms with van der Waals surface area (Å²) < 4.78 is 5.29. The van der Waals surface area contributed by atoms with Crippen LogP contribution in [0, 0.1) is 17.2 Å². The molecule has 0 saturated heterocycles. The van der Waals surface area contributed by atoms with Gasteiger partial charge in [0.15, 0.2) is 6.10 Å². The molecule has 0 saturated carbocycles. The molecule has 30 heavy (non-hydrogen) atoms. The van der Waals surface area contributed by atoms with Crippen LogP contribution in [0.3, 0.4) is 0 Å². The zero-order chi connectivity index (χ0) is 22.1. The number of benzene rings is 2. The topological polar surface area (TPSA) is 108 Å². The van der Waals surface area contributed by atoms with Crippen LogP contribution in [0.2, 0.25) is 0 Å². The van der Waals surface area contributed by atoms with Crippen molar-refractivity contribution < 1.29 is 19.1 Å². The van der Waals surface area contributed by atoms with Crippen LogP contribution >= 0.6 is 0 Å². The quantitative estimate of drug-likeness (QED) is 0.654. The highest BCUT2D eigenvalue weighted by atomic mass is 16.5. The molecule has 0 radical (unpaired) electrons. The van der Waals surface area contributed by atoms with Gasteiger partial charge in [-0.3, -0.25) is 9.59 Å². The number of ether oxygens (including phenoxy) is 1. The maximum atomic E-state index is 12.6. The minimum atomic E-state index is -1.06. The molecule has 0 fully saturated rings. The number of carbonyl (C=O) groups excluding carboxylic acids is 3. The first-order valence-corrected chi connectivity index (χ1v) is 9.65. The summed E-state index contributed by atoms with van der Waals surface area (Å²) >= 11 is 0. The smallest absolute Gasteiger partial charge is 0.329 e. The number of nitrogens with zero attached hydrogens (tertiary/aromatic N) is 1. The first-order valence-electron chi connectivity index (χ1n) is 9.65. The number of nitrogens with one attached hydrogen (secondary N) is 2. The Labute approximate surface area is 176 Å². The van der Waals surface area contributed by atoms with Crippen molar-refractivity contribution in [1.29, 1.82) is 5.26 Å². The third-order valence-corrected chi connectivity index (χ3v) is 4.39. The second-order valence-electron chi connectivity index (χ2n) is 7.21. The summed E-state index contributed by atoms with van der Waals surface area (Å²) in [6.07, 6.45) is -0.910. The van der Waals surface area contributed by atoms with E-state index in [1.165, 1.54) is 6.92 Å². The van der Waals surface area contributed by atoms with Gasteiger partial charge in [0.05, 0.1) is 18.1 Å². The van der Waals surface area contributed by atoms with Crippen LogP contribution in [-0.4, -0.2) is 29.9 Å². The predicted octanol–water partition coefficient (Wildman–Crippen LogP) is 2.81. The van der Waals surface area contributed by atoms with E-state index < -0.39 is 24.0 Å². The van der Waals surface area contributed by atoms with E-state index in [4.69, 9.17) is 10.00 Å². The summed E-state index contributed by atoms with van der Waals surface area (Å²) in [7, 11) is 0. The number of rotatable bonds is 8. The van der Waals surface area contributed by atoms with Gasteiger partial charge in [0.25, 0.3) is 5.91 Å². The van der Waals surface area contributed by atoms with Crippen LogP contribution in [0.25, 0.3) is 0 Å². The first kappa shape index (κ1) is 22.6. The van der Waals surface area contributed by atoms with Gasteiger partial charge >= 0.3 is 5.97 Å². The fraction of sp³-hybridized carbons (Fsp3) is 0.304. The average molecular weight is 407 g/mol. The number of esters is 1. The van der Waals surface area contributed by atoms with Crippen molar-refractivity contribution in [1.82, 2.24) is 5.32 Å².